The number of rotatable bonds is 12. The van der Waals surface area contributed by atoms with E-state index in [1.54, 1.807) is 0 Å². The molecule has 1 aliphatic rings. The number of halogens is 16. The second-order valence-electron chi connectivity index (χ2n) is 10.7. The highest BCUT2D eigenvalue weighted by molar-refractivity contribution is 7.17. The molecule has 0 bridgehead atoms. The average molecular weight is 694 g/mol. The molecule has 1 atom stereocenters. The molecule has 0 aliphatic heterocycles. The van der Waals surface area contributed by atoms with Crippen molar-refractivity contribution in [1.29, 1.82) is 0 Å². The van der Waals surface area contributed by atoms with E-state index in [0.29, 0.717) is 12.8 Å². The zero-order chi connectivity index (χ0) is 34.9. The normalized spacial score (nSPS) is 18.0. The lowest BCUT2D eigenvalue weighted by Gasteiger charge is -2.42. The van der Waals surface area contributed by atoms with Crippen LogP contribution in [0.3, 0.4) is 0 Å². The van der Waals surface area contributed by atoms with E-state index in [-0.39, 0.29) is 46.0 Å². The summed E-state index contributed by atoms with van der Waals surface area (Å²) in [7, 11) is 0. The molecule has 0 radical (unpaired) electrons. The molecule has 0 unspecified atom stereocenters. The number of nitrogens with two attached hydrogens (primary N) is 1. The summed E-state index contributed by atoms with van der Waals surface area (Å²) in [6.45, 7) is 5.52. The van der Waals surface area contributed by atoms with Crippen molar-refractivity contribution in [3.05, 3.63) is 16.0 Å². The van der Waals surface area contributed by atoms with Gasteiger partial charge >= 0.3 is 53.8 Å². The molecule has 254 valence electrons. The van der Waals surface area contributed by atoms with Crippen molar-refractivity contribution >= 4 is 28.2 Å². The summed E-state index contributed by atoms with van der Waals surface area (Å²) in [5.74, 6) is -62.0. The van der Waals surface area contributed by atoms with E-state index in [4.69, 9.17) is 5.73 Å². The molecule has 0 aromatic carbocycles. The smallest absolute Gasteiger partial charge is 0.365 e. The lowest BCUT2D eigenvalue weighted by atomic mass is 9.69. The number of amides is 2. The van der Waals surface area contributed by atoms with Gasteiger partial charge in [0, 0.05) is 4.88 Å². The monoisotopic (exact) mass is 694 g/mol. The van der Waals surface area contributed by atoms with Crippen LogP contribution in [0.1, 0.15) is 54.4 Å². The lowest BCUT2D eigenvalue weighted by Crippen LogP contribution is -2.74. The first-order chi connectivity index (χ1) is 19.4. The standard InChI is InChI=1S/C23H22F16N2O2S/c1-4-16(2,3)8-5-6-9-10(7-8)44-13(11(9)12(40)42)41-15(43)18(28,29)20(32,33)22(36,37)23(38,39)21(34,35)19(30,31)17(26,27)14(24)25/h8,14H,4-7H2,1-3H3,(H2,40,42)(H,41,43)/t8-/m0/s1. The van der Waals surface area contributed by atoms with Gasteiger partial charge in [-0.25, -0.2) is 8.78 Å². The Labute approximate surface area is 241 Å². The van der Waals surface area contributed by atoms with E-state index in [2.05, 4.69) is 0 Å². The SMILES string of the molecule is CCC(C)(C)[C@H]1CCc2c(sc(NC(=O)C(F)(F)C(F)(F)C(F)(F)C(F)(F)C(F)(F)C(F)(F)C(F)(F)C(F)F)c2C(N)=O)C1. The van der Waals surface area contributed by atoms with Gasteiger partial charge in [0.2, 0.25) is 0 Å². The molecule has 44 heavy (non-hydrogen) atoms. The highest BCUT2D eigenvalue weighted by Gasteiger charge is 2.94. The summed E-state index contributed by atoms with van der Waals surface area (Å²) in [5.41, 5.74) is 4.09. The van der Waals surface area contributed by atoms with Crippen LogP contribution < -0.4 is 11.1 Å². The van der Waals surface area contributed by atoms with Crippen molar-refractivity contribution in [2.45, 2.75) is 94.3 Å². The van der Waals surface area contributed by atoms with Gasteiger partial charge in [-0.2, -0.15) is 61.5 Å². The summed E-state index contributed by atoms with van der Waals surface area (Å²) in [5, 5.41) is -0.158. The number of thiophene rings is 1. The van der Waals surface area contributed by atoms with Crippen LogP contribution in [0.4, 0.5) is 75.2 Å². The lowest BCUT2D eigenvalue weighted by molar-refractivity contribution is -0.443. The third kappa shape index (κ3) is 5.27. The highest BCUT2D eigenvalue weighted by Crippen LogP contribution is 2.63. The summed E-state index contributed by atoms with van der Waals surface area (Å²) >= 11 is 0.282. The number of carbonyl (C=O) groups is 2. The molecule has 1 aromatic rings. The van der Waals surface area contributed by atoms with Gasteiger partial charge in [-0.1, -0.05) is 27.2 Å². The Morgan fingerprint density at radius 2 is 1.30 bits per heavy atom. The molecular formula is C23H22F16N2O2S. The molecule has 4 nitrogen and oxygen atoms in total. The van der Waals surface area contributed by atoms with Crippen LogP contribution in [0.15, 0.2) is 0 Å². The largest absolute Gasteiger partial charge is 0.393 e. The fourth-order valence-electron chi connectivity index (χ4n) is 4.35. The van der Waals surface area contributed by atoms with Crippen LogP contribution in [-0.2, 0) is 17.6 Å². The molecule has 3 N–H and O–H groups in total. The number of nitrogens with one attached hydrogen (secondary N) is 1. The Kier molecular flexibility index (Phi) is 9.51. The third-order valence-electron chi connectivity index (χ3n) is 7.70. The zero-order valence-electron chi connectivity index (χ0n) is 22.3. The molecule has 21 heteroatoms. The van der Waals surface area contributed by atoms with Crippen LogP contribution in [0.25, 0.3) is 0 Å². The number of anilines is 1. The molecular weight excluding hydrogens is 672 g/mol. The van der Waals surface area contributed by atoms with Gasteiger partial charge in [0.05, 0.1) is 5.56 Å². The van der Waals surface area contributed by atoms with Crippen LogP contribution in [0.5, 0.6) is 0 Å². The zero-order valence-corrected chi connectivity index (χ0v) is 23.1. The van der Waals surface area contributed by atoms with Gasteiger partial charge < -0.3 is 11.1 Å². The average Bonchev–Trinajstić information content (AvgIpc) is 3.24. The molecule has 1 heterocycles. The van der Waals surface area contributed by atoms with E-state index in [0.717, 1.165) is 5.32 Å². The molecule has 0 spiro atoms. The molecule has 2 amide bonds. The summed E-state index contributed by atoms with van der Waals surface area (Å²) in [6.07, 6.45) is -4.86. The molecule has 1 aliphatic carbocycles. The summed E-state index contributed by atoms with van der Waals surface area (Å²) in [4.78, 5) is 24.3. The highest BCUT2D eigenvalue weighted by atomic mass is 32.1. The molecule has 0 fully saturated rings. The van der Waals surface area contributed by atoms with Crippen molar-refractivity contribution in [1.82, 2.24) is 0 Å². The fraction of sp³-hybridized carbons (Fsp3) is 0.739. The number of hydrogen-bond acceptors (Lipinski definition) is 3. The van der Waals surface area contributed by atoms with Crippen LogP contribution in [-0.4, -0.2) is 59.7 Å². The number of fused-ring (bicyclic) bond motifs is 1. The quantitative estimate of drug-likeness (QED) is 0.218. The summed E-state index contributed by atoms with van der Waals surface area (Å²) in [6, 6.07) is 0. The van der Waals surface area contributed by atoms with Gasteiger partial charge in [0.15, 0.2) is 0 Å². The Bertz CT molecular complexity index is 1270. The minimum atomic E-state index is -8.63. The maximum atomic E-state index is 14.4. The second-order valence-corrected chi connectivity index (χ2v) is 11.8. The van der Waals surface area contributed by atoms with Crippen molar-refractivity contribution in [3.8, 4) is 0 Å². The van der Waals surface area contributed by atoms with Crippen LogP contribution in [0.2, 0.25) is 0 Å². The van der Waals surface area contributed by atoms with Gasteiger partial charge in [-0.15, -0.1) is 11.3 Å². The van der Waals surface area contributed by atoms with Crippen molar-refractivity contribution in [2.24, 2.45) is 17.1 Å². The van der Waals surface area contributed by atoms with Crippen LogP contribution >= 0.6 is 11.3 Å². The van der Waals surface area contributed by atoms with Crippen molar-refractivity contribution in [2.75, 3.05) is 5.32 Å². The number of primary amides is 1. The Balaban J connectivity index is 2.55. The predicted octanol–water partition coefficient (Wildman–Crippen LogP) is 8.04. The van der Waals surface area contributed by atoms with Gasteiger partial charge in [-0.05, 0) is 36.2 Å². The maximum absolute atomic E-state index is 14.4. The minimum absolute atomic E-state index is 0.0114. The molecule has 1 aromatic heterocycles. The first kappa shape index (κ1) is 37.7. The molecule has 0 saturated carbocycles. The number of alkyl halides is 16. The minimum Gasteiger partial charge on any atom is -0.365 e. The van der Waals surface area contributed by atoms with E-state index in [1.807, 2.05) is 20.8 Å². The predicted molar refractivity (Wildman–Crippen MR) is 122 cm³/mol. The summed E-state index contributed by atoms with van der Waals surface area (Å²) < 4.78 is 218. The van der Waals surface area contributed by atoms with Gasteiger partial charge in [0.1, 0.15) is 5.00 Å². The molecule has 0 saturated heterocycles. The van der Waals surface area contributed by atoms with Crippen molar-refractivity contribution in [3.63, 3.8) is 0 Å². The van der Waals surface area contributed by atoms with E-state index in [9.17, 15) is 79.8 Å². The van der Waals surface area contributed by atoms with Crippen molar-refractivity contribution < 1.29 is 79.8 Å². The maximum Gasteiger partial charge on any atom is 0.393 e. The third-order valence-corrected chi connectivity index (χ3v) is 8.87. The number of carbonyl (C=O) groups excluding carboxylic acids is 2. The topological polar surface area (TPSA) is 72.2 Å². The Morgan fingerprint density at radius 3 is 1.73 bits per heavy atom. The second kappa shape index (κ2) is 11.1. The first-order valence-electron chi connectivity index (χ1n) is 12.1. The number of hydrogen-bond donors (Lipinski definition) is 2. The van der Waals surface area contributed by atoms with E-state index < -0.39 is 70.3 Å². The van der Waals surface area contributed by atoms with E-state index >= 15 is 0 Å². The Morgan fingerprint density at radius 1 is 0.841 bits per heavy atom. The van der Waals surface area contributed by atoms with Gasteiger partial charge in [-0.3, -0.25) is 9.59 Å². The Hall–Kier alpha value is -2.48. The van der Waals surface area contributed by atoms with Gasteiger partial charge in [0.25, 0.3) is 5.91 Å². The fourth-order valence-corrected chi connectivity index (χ4v) is 5.68. The first-order valence-corrected chi connectivity index (χ1v) is 12.9. The van der Waals surface area contributed by atoms with Crippen LogP contribution in [0, 0.1) is 11.3 Å². The van der Waals surface area contributed by atoms with E-state index in [1.165, 1.54) is 0 Å². The molecule has 2 rings (SSSR count).